The number of thioether (sulfide) groups is 4. The van der Waals surface area contributed by atoms with Crippen LogP contribution in [0.2, 0.25) is 0 Å². The molecule has 0 aliphatic carbocycles. The number of nitrogens with two attached hydrogens (primary N) is 4. The quantitative estimate of drug-likeness (QED) is 0.0251. The van der Waals surface area contributed by atoms with Gasteiger partial charge >= 0.3 is 35.2 Å². The normalized spacial score (nSPS) is 15.8. The molecule has 8 rings (SSSR count). The SMILES string of the molecule is C.C=CN(CCSCCN(CCSSCCN(CCSCCN(C=C)C(=O)CN1C=CC(N)NC1=O)C(=O)CN1C=CC(N)NC1=O)C(=O)CN1C=CC(N)NC1=O)C(=O)CN1C=CC(N)NC1=C.C=CN(CCSCCN(CCSSCCN(CCSCCN(C=C)C(=O)Cn1cc(C)c(=O)[nH]c1=O)C(=O)Cn1cc(C)c(=O)[nH]c1=O)C(=O)Cn1cc(C)c(=O)[nH]c1=O)C(=O)CN1C=C(C)C(=O)NC1=C. The van der Waals surface area contributed by atoms with E-state index in [9.17, 15) is 86.3 Å². The summed E-state index contributed by atoms with van der Waals surface area (Å²) in [5.74, 6) is 4.31. The Hall–Kier alpha value is -11.7. The van der Waals surface area contributed by atoms with Crippen molar-refractivity contribution in [3.05, 3.63) is 235 Å². The van der Waals surface area contributed by atoms with E-state index in [0.717, 1.165) is 13.7 Å². The van der Waals surface area contributed by atoms with Gasteiger partial charge in [0.2, 0.25) is 47.3 Å². The fourth-order valence-corrected chi connectivity index (χ4v) is 20.5. The molecule has 0 radical (unpaired) electrons. The number of aryl methyl sites for hydroxylation is 3. The van der Waals surface area contributed by atoms with Crippen LogP contribution in [0.3, 0.4) is 0 Å². The monoisotopic (exact) mass is 2110 g/mol. The second-order valence-electron chi connectivity index (χ2n) is 31.2. The molecule has 54 heteroatoms. The minimum absolute atomic E-state index is 0. The number of urea groups is 3. The first-order valence-corrected chi connectivity index (χ1v) is 53.5. The lowest BCUT2D eigenvalue weighted by molar-refractivity contribution is -0.132. The molecule has 0 saturated heterocycles. The Balaban J connectivity index is 0.000000430. The molecule has 0 spiro atoms. The summed E-state index contributed by atoms with van der Waals surface area (Å²) in [6.45, 7) is 31.5. The number of amides is 15. The Kier molecular flexibility index (Phi) is 51.2. The van der Waals surface area contributed by atoms with Gasteiger partial charge in [-0.3, -0.25) is 101 Å². The molecule has 46 nitrogen and oxygen atoms in total. The van der Waals surface area contributed by atoms with Crippen LogP contribution in [0.25, 0.3) is 0 Å². The van der Waals surface area contributed by atoms with Crippen LogP contribution in [-0.2, 0) is 62.8 Å². The van der Waals surface area contributed by atoms with Crippen molar-refractivity contribution in [3.8, 4) is 0 Å². The zero-order valence-corrected chi connectivity index (χ0v) is 85.0. The predicted molar refractivity (Wildman–Crippen MR) is 559 cm³/mol. The Labute approximate surface area is 849 Å². The van der Waals surface area contributed by atoms with Gasteiger partial charge in [-0.2, -0.15) is 47.0 Å². The maximum atomic E-state index is 13.7. The van der Waals surface area contributed by atoms with Crippen molar-refractivity contribution < 1.29 is 57.5 Å². The van der Waals surface area contributed by atoms with Gasteiger partial charge in [-0.15, -0.1) is 0 Å². The maximum Gasteiger partial charge on any atom is 0.328 e. The molecule has 3 aromatic rings. The van der Waals surface area contributed by atoms with Gasteiger partial charge in [-0.1, -0.05) is 90.1 Å². The predicted octanol–water partition coefficient (Wildman–Crippen LogP) is -0.464. The number of hydrogen-bond donors (Lipinski definition) is 12. The largest absolute Gasteiger partial charge is 0.353 e. The average molecular weight is 2110 g/mol. The van der Waals surface area contributed by atoms with Crippen LogP contribution in [-0.4, -0.2) is 369 Å². The lowest BCUT2D eigenvalue weighted by atomic mass is 10.2. The molecule has 0 fully saturated rings. The first-order chi connectivity index (χ1) is 66.8. The summed E-state index contributed by atoms with van der Waals surface area (Å²) in [6, 6.07) is -1.43. The molecule has 4 atom stereocenters. The highest BCUT2D eigenvalue weighted by Gasteiger charge is 2.30. The number of aromatic nitrogens is 6. The smallest absolute Gasteiger partial charge is 0.328 e. The van der Waals surface area contributed by atoms with Crippen LogP contribution in [0.15, 0.2) is 184 Å². The standard InChI is InChI=1S/C45H60N12O11S4.C41H64N16O7S4.CH4/c1-8-50(35(58)26-54-22-30(3)39(62)46-34(54)7)10-16-69-18-12-52(37(60)28-56-24-32(5)41(64)48-44(56)67)14-20-71-72-21-15-53(38(61)29-57-25-33(6)42(65)49-45(57)68)13-19-70-17-11-51(9-2)36(59)27-55-23-31(4)40(63)47-43(55)66;1-4-50(35(58)26-54-10-6-31(42)46-30(54)3)14-20-65-22-16-52(37(60)28-56-12-8-33(44)48-40(56)63)18-24-67-68-25-19-53(38(61)29-57-13-9-34(45)49-41(57)64)17-23-66-21-15-51(5-2)36(59)27-55-11-7-32(43)47-39(55)62;/h8-9,22-25H,1-2,7,10-21,26-29H2,3-6H3,(H,46,62)(H,47,63,66)(H,48,64,67)(H,49,65,68);4-13,31-34,46H,1-3,14-29,42-45H2,(H,47,62)(H,48,63)(H,49,64);1H4. The van der Waals surface area contributed by atoms with Crippen LogP contribution in [0.4, 0.5) is 14.4 Å². The summed E-state index contributed by atoms with van der Waals surface area (Å²) < 4.78 is 3.40. The fourth-order valence-electron chi connectivity index (χ4n) is 13.0. The minimum Gasteiger partial charge on any atom is -0.353 e. The van der Waals surface area contributed by atoms with E-state index < -0.39 is 76.2 Å². The van der Waals surface area contributed by atoms with Gasteiger partial charge < -0.3 is 98.5 Å². The van der Waals surface area contributed by atoms with Gasteiger partial charge in [0, 0.05) is 219 Å². The second kappa shape index (κ2) is 61.2. The summed E-state index contributed by atoms with van der Waals surface area (Å²) in [7, 11) is 6.02. The van der Waals surface area contributed by atoms with Gasteiger partial charge in [0.1, 0.15) is 58.2 Å². The van der Waals surface area contributed by atoms with Crippen molar-refractivity contribution in [2.45, 2.75) is 79.4 Å². The highest BCUT2D eigenvalue weighted by molar-refractivity contribution is 8.77. The van der Waals surface area contributed by atoms with Crippen molar-refractivity contribution in [2.75, 3.05) is 180 Å². The van der Waals surface area contributed by atoms with E-state index in [4.69, 9.17) is 22.9 Å². The number of H-pyrrole nitrogens is 3. The third kappa shape index (κ3) is 39.9. The Morgan fingerprint density at radius 3 is 0.865 bits per heavy atom. The number of nitrogens with one attached hydrogen (secondary N) is 8. The summed E-state index contributed by atoms with van der Waals surface area (Å²) >= 11 is 6.08. The summed E-state index contributed by atoms with van der Waals surface area (Å²) in [5.41, 5.74) is 20.6. The lowest BCUT2D eigenvalue weighted by Crippen LogP contribution is -2.52. The second-order valence-corrected chi connectivity index (χ2v) is 41.5. The number of aromatic amines is 3. The molecular weight excluding hydrogens is 1980 g/mol. The third-order valence-electron chi connectivity index (χ3n) is 21.0. The Bertz CT molecular complexity index is 5350. The van der Waals surface area contributed by atoms with E-state index in [-0.39, 0.29) is 155 Å². The van der Waals surface area contributed by atoms with Crippen LogP contribution in [0.1, 0.15) is 31.0 Å². The zero-order valence-electron chi connectivity index (χ0n) is 78.5. The topological polar surface area (TPSA) is 576 Å². The fraction of sp³-hybridized carbons (Fsp3) is 0.471. The lowest BCUT2D eigenvalue weighted by Gasteiger charge is -2.31. The van der Waals surface area contributed by atoms with Crippen LogP contribution >= 0.6 is 90.2 Å². The van der Waals surface area contributed by atoms with Gasteiger partial charge in [-0.25, -0.2) is 28.8 Å². The Morgan fingerprint density at radius 2 is 0.574 bits per heavy atom. The van der Waals surface area contributed by atoms with E-state index in [1.807, 2.05) is 0 Å². The van der Waals surface area contributed by atoms with Crippen molar-refractivity contribution in [3.63, 3.8) is 0 Å². The Morgan fingerprint density at radius 1 is 0.333 bits per heavy atom. The van der Waals surface area contributed by atoms with Crippen molar-refractivity contribution in [1.29, 1.82) is 0 Å². The van der Waals surface area contributed by atoms with Crippen LogP contribution in [0, 0.1) is 20.8 Å². The number of carbonyl (C=O) groups excluding carboxylic acids is 12. The first kappa shape index (κ1) is 118. The van der Waals surface area contributed by atoms with E-state index in [2.05, 4.69) is 81.0 Å². The molecule has 3 aromatic heterocycles. The van der Waals surface area contributed by atoms with E-state index in [1.165, 1.54) is 196 Å². The minimum atomic E-state index is -0.722. The number of hydrogen-bond acceptors (Lipinski definition) is 33. The number of rotatable bonds is 58. The van der Waals surface area contributed by atoms with Gasteiger partial charge in [0.05, 0.1) is 30.5 Å². The average Bonchev–Trinajstić information content (AvgIpc) is 0.831. The molecule has 141 heavy (non-hydrogen) atoms. The highest BCUT2D eigenvalue weighted by Crippen LogP contribution is 2.25. The van der Waals surface area contributed by atoms with Gasteiger partial charge in [-0.05, 0) is 76.8 Å². The molecular formula is C87H128N28O18S8. The van der Waals surface area contributed by atoms with E-state index >= 15 is 0 Å². The molecule has 4 unspecified atom stereocenters. The molecule has 15 amide bonds. The summed E-state index contributed by atoms with van der Waals surface area (Å²) in [5, 5.41) is 13.3. The van der Waals surface area contributed by atoms with Crippen molar-refractivity contribution >= 4 is 161 Å². The highest BCUT2D eigenvalue weighted by atomic mass is 33.1. The zero-order chi connectivity index (χ0) is 103. The molecule has 0 bridgehead atoms. The van der Waals surface area contributed by atoms with Crippen LogP contribution in [0.5, 0.6) is 0 Å². The molecule has 772 valence electrons. The molecule has 0 aromatic carbocycles. The maximum absolute atomic E-state index is 13.7. The molecule has 5 aliphatic heterocycles. The van der Waals surface area contributed by atoms with Gasteiger partial charge in [0.15, 0.2) is 0 Å². The number of nitrogens with zero attached hydrogens (tertiary/aromatic N) is 16. The van der Waals surface area contributed by atoms with Crippen molar-refractivity contribution in [1.82, 2.24) is 119 Å². The summed E-state index contributed by atoms with van der Waals surface area (Å²) in [4.78, 5) is 255. The molecule has 16 N–H and O–H groups in total. The van der Waals surface area contributed by atoms with E-state index in [0.29, 0.717) is 139 Å². The molecule has 8 heterocycles. The third-order valence-corrected chi connectivity index (χ3v) is 29.5. The number of carbonyl (C=O) groups is 12. The molecule has 5 aliphatic rings. The van der Waals surface area contributed by atoms with Gasteiger partial charge in [0.25, 0.3) is 22.6 Å². The van der Waals surface area contributed by atoms with Crippen LogP contribution < -0.4 is 83.3 Å². The first-order valence-electron chi connectivity index (χ1n) is 44.0. The van der Waals surface area contributed by atoms with E-state index in [1.54, 1.807) is 84.8 Å². The van der Waals surface area contributed by atoms with Crippen molar-refractivity contribution in [2.24, 2.45) is 22.9 Å². The molecule has 0 saturated carbocycles. The summed E-state index contributed by atoms with van der Waals surface area (Å²) in [6.07, 6.45) is 21.6.